The Balaban J connectivity index is 1.32. The minimum absolute atomic E-state index is 0.479. The molecule has 27 heavy (non-hydrogen) atoms. The molecule has 0 saturated carbocycles. The highest BCUT2D eigenvalue weighted by molar-refractivity contribution is 5.13. The molecule has 1 fully saturated rings. The Morgan fingerprint density at radius 2 is 2.15 bits per heavy atom. The Labute approximate surface area is 162 Å². The van der Waals surface area contributed by atoms with Gasteiger partial charge in [-0.05, 0) is 50.3 Å². The van der Waals surface area contributed by atoms with E-state index in [0.717, 1.165) is 71.0 Å². The number of nitrogens with zero attached hydrogens (tertiary/aromatic N) is 4. The fraction of sp³-hybridized carbons (Fsp3) is 0.667. The molecule has 1 saturated heterocycles. The highest BCUT2D eigenvalue weighted by atomic mass is 16.5. The van der Waals surface area contributed by atoms with E-state index in [4.69, 9.17) is 9.47 Å². The fourth-order valence-corrected chi connectivity index (χ4v) is 4.37. The zero-order valence-corrected chi connectivity index (χ0v) is 16.6. The fourth-order valence-electron chi connectivity index (χ4n) is 4.37. The molecule has 0 bridgehead atoms. The van der Waals surface area contributed by atoms with Crippen LogP contribution in [-0.2, 0) is 29.6 Å². The normalized spacial score (nSPS) is 21.5. The van der Waals surface area contributed by atoms with Gasteiger partial charge >= 0.3 is 0 Å². The maximum atomic E-state index is 6.04. The van der Waals surface area contributed by atoms with Gasteiger partial charge in [0.1, 0.15) is 0 Å². The Hall–Kier alpha value is -1.63. The van der Waals surface area contributed by atoms with Crippen molar-refractivity contribution in [1.82, 2.24) is 19.2 Å². The smallest absolute Gasteiger partial charge is 0.0597 e. The zero-order chi connectivity index (χ0) is 18.6. The molecule has 0 aliphatic carbocycles. The molecule has 2 aromatic heterocycles. The Morgan fingerprint density at radius 1 is 1.30 bits per heavy atom. The first-order chi connectivity index (χ1) is 13.2. The summed E-state index contributed by atoms with van der Waals surface area (Å²) in [5.41, 5.74) is 3.77. The van der Waals surface area contributed by atoms with Gasteiger partial charge in [0.2, 0.25) is 0 Å². The first-order valence-electron chi connectivity index (χ1n) is 10.2. The summed E-state index contributed by atoms with van der Waals surface area (Å²) in [5, 5.41) is 4.49. The molecular weight excluding hydrogens is 340 g/mol. The number of hydrogen-bond acceptors (Lipinski definition) is 4. The van der Waals surface area contributed by atoms with Crippen LogP contribution in [0.15, 0.2) is 24.4 Å². The summed E-state index contributed by atoms with van der Waals surface area (Å²) in [5.74, 6) is 0.678. The van der Waals surface area contributed by atoms with Crippen molar-refractivity contribution in [3.63, 3.8) is 0 Å². The van der Waals surface area contributed by atoms with Gasteiger partial charge in [-0.1, -0.05) is 0 Å². The average Bonchev–Trinajstić information content (AvgIpc) is 3.25. The van der Waals surface area contributed by atoms with Crippen LogP contribution in [0.4, 0.5) is 0 Å². The molecule has 4 rings (SSSR count). The van der Waals surface area contributed by atoms with Crippen LogP contribution in [0.25, 0.3) is 0 Å². The zero-order valence-electron chi connectivity index (χ0n) is 16.6. The lowest BCUT2D eigenvalue weighted by atomic mass is 10.0. The van der Waals surface area contributed by atoms with Crippen molar-refractivity contribution < 1.29 is 9.47 Å². The van der Waals surface area contributed by atoms with E-state index in [1.165, 1.54) is 11.4 Å². The molecule has 1 atom stereocenters. The second-order valence-corrected chi connectivity index (χ2v) is 8.05. The highest BCUT2D eigenvalue weighted by Crippen LogP contribution is 2.26. The lowest BCUT2D eigenvalue weighted by Crippen LogP contribution is -2.37. The van der Waals surface area contributed by atoms with Gasteiger partial charge < -0.3 is 14.0 Å². The third-order valence-corrected chi connectivity index (χ3v) is 5.89. The highest BCUT2D eigenvalue weighted by Gasteiger charge is 2.25. The van der Waals surface area contributed by atoms with Crippen LogP contribution in [-0.4, -0.2) is 52.2 Å². The molecule has 0 spiro atoms. The number of hydrogen-bond donors (Lipinski definition) is 0. The van der Waals surface area contributed by atoms with Crippen molar-refractivity contribution in [3.05, 3.63) is 41.5 Å². The maximum Gasteiger partial charge on any atom is 0.0597 e. The van der Waals surface area contributed by atoms with E-state index >= 15 is 0 Å². The third-order valence-electron chi connectivity index (χ3n) is 5.89. The van der Waals surface area contributed by atoms with E-state index in [0.29, 0.717) is 12.0 Å². The molecule has 2 aliphatic heterocycles. The topological polar surface area (TPSA) is 44.5 Å². The number of ether oxygens (including phenoxy) is 2. The van der Waals surface area contributed by atoms with Gasteiger partial charge in [0.25, 0.3) is 0 Å². The van der Waals surface area contributed by atoms with Crippen molar-refractivity contribution in [2.24, 2.45) is 13.0 Å². The van der Waals surface area contributed by atoms with E-state index in [9.17, 15) is 0 Å². The maximum absolute atomic E-state index is 6.04. The summed E-state index contributed by atoms with van der Waals surface area (Å²) < 4.78 is 15.9. The largest absolute Gasteiger partial charge is 0.381 e. The minimum atomic E-state index is 0.479. The van der Waals surface area contributed by atoms with Gasteiger partial charge in [0.05, 0.1) is 11.4 Å². The molecule has 0 aromatic carbocycles. The SMILES string of the molecule is Cc1cc(CN2Cc3cccn3[C@H](CCOCC3CCOCC3)C2)n(C)n1. The van der Waals surface area contributed by atoms with Crippen molar-refractivity contribution in [2.45, 2.75) is 45.3 Å². The number of aryl methyl sites for hydroxylation is 2. The molecule has 148 valence electrons. The van der Waals surface area contributed by atoms with E-state index in [-0.39, 0.29) is 0 Å². The van der Waals surface area contributed by atoms with Crippen LogP contribution in [0.3, 0.4) is 0 Å². The molecule has 0 unspecified atom stereocenters. The van der Waals surface area contributed by atoms with E-state index in [2.05, 4.69) is 45.9 Å². The van der Waals surface area contributed by atoms with Crippen molar-refractivity contribution in [1.29, 1.82) is 0 Å². The van der Waals surface area contributed by atoms with Crippen molar-refractivity contribution in [2.75, 3.05) is 33.0 Å². The quantitative estimate of drug-likeness (QED) is 0.701. The molecular formula is C21H32N4O2. The van der Waals surface area contributed by atoms with Gasteiger partial charge in [-0.3, -0.25) is 9.58 Å². The van der Waals surface area contributed by atoms with Crippen molar-refractivity contribution >= 4 is 0 Å². The summed E-state index contributed by atoms with van der Waals surface area (Å²) in [6.45, 7) is 8.57. The van der Waals surface area contributed by atoms with Crippen molar-refractivity contribution in [3.8, 4) is 0 Å². The van der Waals surface area contributed by atoms with Gasteiger partial charge in [-0.15, -0.1) is 0 Å². The monoisotopic (exact) mass is 372 g/mol. The summed E-state index contributed by atoms with van der Waals surface area (Å²) in [6.07, 6.45) is 5.57. The average molecular weight is 373 g/mol. The molecule has 2 aliphatic rings. The minimum Gasteiger partial charge on any atom is -0.381 e. The molecule has 0 radical (unpaired) electrons. The van der Waals surface area contributed by atoms with Gasteiger partial charge in [-0.2, -0.15) is 5.10 Å². The molecule has 0 N–H and O–H groups in total. The van der Waals surface area contributed by atoms with Crippen LogP contribution >= 0.6 is 0 Å². The number of fused-ring (bicyclic) bond motifs is 1. The second kappa shape index (κ2) is 8.59. The summed E-state index contributed by atoms with van der Waals surface area (Å²) >= 11 is 0. The van der Waals surface area contributed by atoms with E-state index < -0.39 is 0 Å². The van der Waals surface area contributed by atoms with Gasteiger partial charge in [0, 0.05) is 71.0 Å². The molecule has 4 heterocycles. The molecule has 2 aromatic rings. The third kappa shape index (κ3) is 4.62. The molecule has 6 heteroatoms. The first-order valence-corrected chi connectivity index (χ1v) is 10.2. The summed E-state index contributed by atoms with van der Waals surface area (Å²) in [6, 6.07) is 7.09. The predicted octanol–water partition coefficient (Wildman–Crippen LogP) is 2.92. The van der Waals surface area contributed by atoms with E-state index in [1.807, 2.05) is 11.7 Å². The van der Waals surface area contributed by atoms with Gasteiger partial charge in [0.15, 0.2) is 0 Å². The van der Waals surface area contributed by atoms with Crippen LogP contribution in [0, 0.1) is 12.8 Å². The molecule has 6 nitrogen and oxygen atoms in total. The van der Waals surface area contributed by atoms with Crippen LogP contribution in [0.5, 0.6) is 0 Å². The Morgan fingerprint density at radius 3 is 2.93 bits per heavy atom. The predicted molar refractivity (Wildman–Crippen MR) is 105 cm³/mol. The Bertz CT molecular complexity index is 732. The van der Waals surface area contributed by atoms with Gasteiger partial charge in [-0.25, -0.2) is 0 Å². The number of rotatable bonds is 7. The van der Waals surface area contributed by atoms with Crippen LogP contribution in [0.1, 0.15) is 42.4 Å². The second-order valence-electron chi connectivity index (χ2n) is 8.05. The van der Waals surface area contributed by atoms with Crippen LogP contribution in [0.2, 0.25) is 0 Å². The number of aromatic nitrogens is 3. The Kier molecular flexibility index (Phi) is 5.95. The summed E-state index contributed by atoms with van der Waals surface area (Å²) in [4.78, 5) is 2.54. The van der Waals surface area contributed by atoms with Crippen LogP contribution < -0.4 is 0 Å². The first kappa shape index (κ1) is 18.7. The van der Waals surface area contributed by atoms with E-state index in [1.54, 1.807) is 0 Å². The lowest BCUT2D eigenvalue weighted by molar-refractivity contribution is 0.0159. The standard InChI is InChI=1S/C21H32N4O2/c1-17-12-21(23(2)22-17)15-24-13-19-4-3-8-25(19)20(14-24)7-11-27-16-18-5-9-26-10-6-18/h3-4,8,12,18,20H,5-7,9-11,13-16H2,1-2H3/t20-/m1/s1. The summed E-state index contributed by atoms with van der Waals surface area (Å²) in [7, 11) is 2.04. The molecule has 0 amide bonds. The lowest BCUT2D eigenvalue weighted by Gasteiger charge is -2.35.